The molecule has 2 heterocycles. The number of hydrogen-bond donors (Lipinski definition) is 1. The Morgan fingerprint density at radius 3 is 3.45 bits per heavy atom. The number of hydrogen-bond acceptors (Lipinski definition) is 2. The molecule has 1 aromatic heterocycles. The first-order valence-electron chi connectivity index (χ1n) is 4.12. The van der Waals surface area contributed by atoms with Gasteiger partial charge in [-0.25, -0.2) is 0 Å². The number of rotatable bonds is 0. The van der Waals surface area contributed by atoms with Gasteiger partial charge < -0.3 is 5.73 Å². The molecule has 0 aromatic carbocycles. The van der Waals surface area contributed by atoms with E-state index in [9.17, 15) is 0 Å². The molecule has 0 saturated heterocycles. The van der Waals surface area contributed by atoms with Crippen molar-refractivity contribution in [2.75, 3.05) is 0 Å². The van der Waals surface area contributed by atoms with E-state index in [2.05, 4.69) is 15.8 Å². The maximum atomic E-state index is 5.87. The van der Waals surface area contributed by atoms with Crippen molar-refractivity contribution < 1.29 is 0 Å². The molecule has 2 N–H and O–H groups in total. The maximum Gasteiger partial charge on any atom is 0.0492 e. The first-order chi connectivity index (χ1) is 5.36. The van der Waals surface area contributed by atoms with E-state index in [1.807, 2.05) is 6.20 Å². The monoisotopic (exact) mass is 151 g/mol. The summed E-state index contributed by atoms with van der Waals surface area (Å²) in [4.78, 5) is 0. The van der Waals surface area contributed by atoms with Crippen LogP contribution in [0.25, 0.3) is 0 Å². The number of fused-ring (bicyclic) bond motifs is 1. The fourth-order valence-electron chi connectivity index (χ4n) is 1.61. The predicted molar refractivity (Wildman–Crippen MR) is 43.1 cm³/mol. The van der Waals surface area contributed by atoms with Gasteiger partial charge in [0.1, 0.15) is 0 Å². The lowest BCUT2D eigenvalue weighted by Gasteiger charge is -2.04. The highest BCUT2D eigenvalue weighted by Crippen LogP contribution is 2.11. The third-order valence-electron chi connectivity index (χ3n) is 2.22. The molecule has 0 fully saturated rings. The molecule has 1 unspecified atom stereocenters. The Labute approximate surface area is 66.2 Å². The van der Waals surface area contributed by atoms with Gasteiger partial charge in [-0.3, -0.25) is 4.68 Å². The lowest BCUT2D eigenvalue weighted by molar-refractivity contribution is 0.558. The van der Waals surface area contributed by atoms with Gasteiger partial charge in [-0.05, 0) is 18.9 Å². The Morgan fingerprint density at radius 2 is 2.55 bits per heavy atom. The third kappa shape index (κ3) is 1.28. The fraction of sp³-hybridized carbons (Fsp3) is 0.625. The van der Waals surface area contributed by atoms with Gasteiger partial charge in [0.15, 0.2) is 0 Å². The molecule has 1 aliphatic heterocycles. The lowest BCUT2D eigenvalue weighted by Crippen LogP contribution is -2.21. The minimum atomic E-state index is 0.341. The topological polar surface area (TPSA) is 43.8 Å². The summed E-state index contributed by atoms with van der Waals surface area (Å²) in [6.07, 6.45) is 5.13. The van der Waals surface area contributed by atoms with Crippen molar-refractivity contribution in [2.45, 2.75) is 31.8 Å². The van der Waals surface area contributed by atoms with Crippen LogP contribution < -0.4 is 5.73 Å². The molecular formula is C8H13N3. The average molecular weight is 151 g/mol. The molecule has 0 amide bonds. The van der Waals surface area contributed by atoms with Crippen molar-refractivity contribution in [2.24, 2.45) is 5.73 Å². The summed E-state index contributed by atoms with van der Waals surface area (Å²) in [6, 6.07) is 2.40. The van der Waals surface area contributed by atoms with E-state index in [0.29, 0.717) is 6.04 Å². The molecule has 2 rings (SSSR count). The highest BCUT2D eigenvalue weighted by molar-refractivity contribution is 5.03. The molecule has 3 nitrogen and oxygen atoms in total. The first-order valence-corrected chi connectivity index (χ1v) is 4.12. The van der Waals surface area contributed by atoms with Crippen LogP contribution in [-0.4, -0.2) is 15.8 Å². The van der Waals surface area contributed by atoms with Crippen LogP contribution in [0.4, 0.5) is 0 Å². The average Bonchev–Trinajstić information content (AvgIpc) is 2.31. The van der Waals surface area contributed by atoms with Crippen LogP contribution in [0.3, 0.4) is 0 Å². The van der Waals surface area contributed by atoms with Crippen LogP contribution in [-0.2, 0) is 13.0 Å². The first kappa shape index (κ1) is 6.85. The van der Waals surface area contributed by atoms with Crippen molar-refractivity contribution in [3.63, 3.8) is 0 Å². The molecule has 0 aliphatic carbocycles. The van der Waals surface area contributed by atoms with Gasteiger partial charge in [-0.15, -0.1) is 0 Å². The summed E-state index contributed by atoms with van der Waals surface area (Å²) in [5.41, 5.74) is 7.15. The van der Waals surface area contributed by atoms with Crippen molar-refractivity contribution >= 4 is 0 Å². The Morgan fingerprint density at radius 1 is 1.64 bits per heavy atom. The largest absolute Gasteiger partial charge is 0.327 e. The van der Waals surface area contributed by atoms with E-state index in [1.54, 1.807) is 0 Å². The highest BCUT2D eigenvalue weighted by Gasteiger charge is 2.12. The molecule has 0 spiro atoms. The Bertz CT molecular complexity index is 241. The number of nitrogens with two attached hydrogens (primary N) is 1. The van der Waals surface area contributed by atoms with Crippen molar-refractivity contribution in [1.29, 1.82) is 0 Å². The minimum Gasteiger partial charge on any atom is -0.327 e. The Hall–Kier alpha value is -0.830. The summed E-state index contributed by atoms with van der Waals surface area (Å²) in [7, 11) is 0. The number of nitrogens with zero attached hydrogens (tertiary/aromatic N) is 2. The maximum absolute atomic E-state index is 5.87. The van der Waals surface area contributed by atoms with Crippen molar-refractivity contribution in [3.8, 4) is 0 Å². The van der Waals surface area contributed by atoms with E-state index < -0.39 is 0 Å². The van der Waals surface area contributed by atoms with E-state index in [1.165, 1.54) is 5.69 Å². The lowest BCUT2D eigenvalue weighted by atomic mass is 10.1. The van der Waals surface area contributed by atoms with Crippen LogP contribution >= 0.6 is 0 Å². The number of aryl methyl sites for hydroxylation is 1. The van der Waals surface area contributed by atoms with E-state index in [0.717, 1.165) is 25.8 Å². The van der Waals surface area contributed by atoms with Crippen LogP contribution in [0, 0.1) is 0 Å². The molecule has 0 saturated carbocycles. The zero-order valence-corrected chi connectivity index (χ0v) is 6.53. The van der Waals surface area contributed by atoms with Crippen LogP contribution in [0.1, 0.15) is 18.5 Å². The molecule has 11 heavy (non-hydrogen) atoms. The Balaban J connectivity index is 2.26. The van der Waals surface area contributed by atoms with Gasteiger partial charge in [-0.1, -0.05) is 0 Å². The molecule has 60 valence electrons. The molecular weight excluding hydrogens is 138 g/mol. The fourth-order valence-corrected chi connectivity index (χ4v) is 1.61. The molecule has 1 atom stereocenters. The van der Waals surface area contributed by atoms with Crippen LogP contribution in [0.2, 0.25) is 0 Å². The summed E-state index contributed by atoms with van der Waals surface area (Å²) >= 11 is 0. The van der Waals surface area contributed by atoms with Gasteiger partial charge in [0.05, 0.1) is 0 Å². The smallest absolute Gasteiger partial charge is 0.0492 e. The van der Waals surface area contributed by atoms with Crippen molar-refractivity contribution in [1.82, 2.24) is 9.78 Å². The van der Waals surface area contributed by atoms with E-state index in [4.69, 9.17) is 5.73 Å². The molecule has 0 bridgehead atoms. The molecule has 1 aromatic rings. The summed E-state index contributed by atoms with van der Waals surface area (Å²) in [6.45, 7) is 1.04. The minimum absolute atomic E-state index is 0.341. The van der Waals surface area contributed by atoms with Gasteiger partial charge >= 0.3 is 0 Å². The second-order valence-electron chi connectivity index (χ2n) is 3.15. The summed E-state index contributed by atoms with van der Waals surface area (Å²) < 4.78 is 2.06. The standard InChI is InChI=1S/C8H13N3/c9-7-2-1-5-11-8(6-7)3-4-10-11/h3-4,7H,1-2,5-6,9H2. The van der Waals surface area contributed by atoms with E-state index in [-0.39, 0.29) is 0 Å². The van der Waals surface area contributed by atoms with Crippen LogP contribution in [0.15, 0.2) is 12.3 Å². The van der Waals surface area contributed by atoms with Crippen molar-refractivity contribution in [3.05, 3.63) is 18.0 Å². The van der Waals surface area contributed by atoms with Gasteiger partial charge in [0.25, 0.3) is 0 Å². The summed E-state index contributed by atoms with van der Waals surface area (Å²) in [5.74, 6) is 0. The van der Waals surface area contributed by atoms with Gasteiger partial charge in [0, 0.05) is 30.9 Å². The zero-order valence-electron chi connectivity index (χ0n) is 6.53. The second kappa shape index (κ2) is 2.66. The third-order valence-corrected chi connectivity index (χ3v) is 2.22. The quantitative estimate of drug-likeness (QED) is 0.588. The summed E-state index contributed by atoms with van der Waals surface area (Å²) in [5, 5.41) is 4.21. The predicted octanol–water partition coefficient (Wildman–Crippen LogP) is 0.547. The second-order valence-corrected chi connectivity index (χ2v) is 3.15. The van der Waals surface area contributed by atoms with E-state index >= 15 is 0 Å². The molecule has 1 aliphatic rings. The Kier molecular flexibility index (Phi) is 1.66. The molecule has 3 heteroatoms. The van der Waals surface area contributed by atoms with Gasteiger partial charge in [-0.2, -0.15) is 5.10 Å². The zero-order chi connectivity index (χ0) is 7.68. The van der Waals surface area contributed by atoms with Gasteiger partial charge in [0.2, 0.25) is 0 Å². The normalized spacial score (nSPS) is 24.3. The van der Waals surface area contributed by atoms with Crippen LogP contribution in [0.5, 0.6) is 0 Å². The SMILES string of the molecule is NC1CCCn2nccc2C1. The molecule has 0 radical (unpaired) electrons. The highest BCUT2D eigenvalue weighted by atomic mass is 15.3. The number of aromatic nitrogens is 2.